The van der Waals surface area contributed by atoms with Crippen LogP contribution in [0.2, 0.25) is 5.02 Å². The first-order chi connectivity index (χ1) is 16.0. The van der Waals surface area contributed by atoms with Crippen LogP contribution in [0.3, 0.4) is 0 Å². The molecule has 0 saturated heterocycles. The van der Waals surface area contributed by atoms with Crippen molar-refractivity contribution in [3.8, 4) is 10.4 Å². The maximum absolute atomic E-state index is 12.3. The van der Waals surface area contributed by atoms with E-state index in [1.807, 2.05) is 36.4 Å². The lowest BCUT2D eigenvalue weighted by Gasteiger charge is -2.12. The van der Waals surface area contributed by atoms with Gasteiger partial charge >= 0.3 is 0 Å². The van der Waals surface area contributed by atoms with E-state index in [9.17, 15) is 9.59 Å². The number of nitrogens with one attached hydrogen (secondary N) is 2. The summed E-state index contributed by atoms with van der Waals surface area (Å²) in [5.74, 6) is -0.466. The van der Waals surface area contributed by atoms with Crippen LogP contribution in [0.25, 0.3) is 16.5 Å². The van der Waals surface area contributed by atoms with Gasteiger partial charge in [0.2, 0.25) is 11.8 Å². The Kier molecular flexibility index (Phi) is 6.97. The van der Waals surface area contributed by atoms with Gasteiger partial charge in [-0.25, -0.2) is 9.67 Å². The van der Waals surface area contributed by atoms with Crippen molar-refractivity contribution in [1.29, 1.82) is 0 Å². The third kappa shape index (κ3) is 5.74. The largest absolute Gasteiger partial charge is 0.324 e. The summed E-state index contributed by atoms with van der Waals surface area (Å²) in [6.07, 6.45) is 6.12. The van der Waals surface area contributed by atoms with E-state index in [2.05, 4.69) is 20.7 Å². The molecule has 1 unspecified atom stereocenters. The SMILES string of the molecule is CC(C(=O)Nc1ccc(NC(=O)/C=C/c2ccc(-c3ccccc3Cl)s2)cc1)n1cncn1. The molecule has 166 valence electrons. The topological polar surface area (TPSA) is 88.9 Å². The van der Waals surface area contributed by atoms with Gasteiger partial charge in [-0.05, 0) is 55.5 Å². The number of nitrogens with zero attached hydrogens (tertiary/aromatic N) is 3. The Morgan fingerprint density at radius 2 is 1.76 bits per heavy atom. The van der Waals surface area contributed by atoms with Crippen LogP contribution in [0.1, 0.15) is 17.8 Å². The Hall–Kier alpha value is -3.75. The van der Waals surface area contributed by atoms with Gasteiger partial charge in [-0.2, -0.15) is 5.10 Å². The highest BCUT2D eigenvalue weighted by molar-refractivity contribution is 7.16. The molecule has 4 rings (SSSR count). The van der Waals surface area contributed by atoms with Crippen molar-refractivity contribution in [2.24, 2.45) is 0 Å². The number of carbonyl (C=O) groups is 2. The molecule has 0 radical (unpaired) electrons. The highest BCUT2D eigenvalue weighted by atomic mass is 35.5. The zero-order valence-corrected chi connectivity index (χ0v) is 19.2. The fourth-order valence-electron chi connectivity index (χ4n) is 3.01. The van der Waals surface area contributed by atoms with Gasteiger partial charge < -0.3 is 10.6 Å². The van der Waals surface area contributed by atoms with Crippen molar-refractivity contribution >= 4 is 52.2 Å². The molecule has 0 aliphatic heterocycles. The first kappa shape index (κ1) is 22.4. The summed E-state index contributed by atoms with van der Waals surface area (Å²) in [4.78, 5) is 30.4. The summed E-state index contributed by atoms with van der Waals surface area (Å²) < 4.78 is 1.47. The van der Waals surface area contributed by atoms with Gasteiger partial charge in [-0.1, -0.05) is 29.8 Å². The van der Waals surface area contributed by atoms with Gasteiger partial charge in [0.05, 0.1) is 0 Å². The molecule has 33 heavy (non-hydrogen) atoms. The quantitative estimate of drug-likeness (QED) is 0.343. The summed E-state index contributed by atoms with van der Waals surface area (Å²) in [7, 11) is 0. The molecule has 2 amide bonds. The summed E-state index contributed by atoms with van der Waals surface area (Å²) in [6.45, 7) is 1.73. The van der Waals surface area contributed by atoms with E-state index in [0.717, 1.165) is 15.3 Å². The fourth-order valence-corrected chi connectivity index (χ4v) is 4.25. The van der Waals surface area contributed by atoms with Crippen LogP contribution in [-0.4, -0.2) is 26.6 Å². The number of halogens is 1. The van der Waals surface area contributed by atoms with Crippen molar-refractivity contribution in [2.75, 3.05) is 10.6 Å². The minimum atomic E-state index is -0.493. The van der Waals surface area contributed by atoms with Crippen molar-refractivity contribution in [3.63, 3.8) is 0 Å². The third-order valence-corrected chi connectivity index (χ3v) is 6.21. The van der Waals surface area contributed by atoms with Crippen LogP contribution in [0.4, 0.5) is 11.4 Å². The summed E-state index contributed by atoms with van der Waals surface area (Å²) >= 11 is 7.81. The molecule has 9 heteroatoms. The molecule has 0 aliphatic carbocycles. The molecule has 4 aromatic rings. The summed E-state index contributed by atoms with van der Waals surface area (Å²) in [5, 5.41) is 10.3. The zero-order chi connectivity index (χ0) is 23.2. The molecule has 0 bridgehead atoms. The van der Waals surface area contributed by atoms with Gasteiger partial charge in [-0.15, -0.1) is 11.3 Å². The molecule has 2 aromatic heterocycles. The van der Waals surface area contributed by atoms with E-state index < -0.39 is 6.04 Å². The Morgan fingerprint density at radius 3 is 2.45 bits per heavy atom. The molecule has 2 heterocycles. The normalized spacial score (nSPS) is 11.9. The predicted octanol–water partition coefficient (Wildman–Crippen LogP) is 5.51. The molecule has 0 spiro atoms. The third-order valence-electron chi connectivity index (χ3n) is 4.80. The number of anilines is 2. The maximum Gasteiger partial charge on any atom is 0.249 e. The average molecular weight is 478 g/mol. The standard InChI is InChI=1S/C24H20ClN5O2S/c1-16(30-15-26-14-27-30)24(32)29-18-8-6-17(7-9-18)28-23(31)13-11-19-10-12-22(33-19)20-4-2-3-5-21(20)25/h2-16H,1H3,(H,28,31)(H,29,32)/b13-11+. The molecule has 7 nitrogen and oxygen atoms in total. The minimum Gasteiger partial charge on any atom is -0.324 e. The Bertz CT molecular complexity index is 1280. The second-order valence-corrected chi connectivity index (χ2v) is 8.65. The lowest BCUT2D eigenvalue weighted by atomic mass is 10.2. The monoisotopic (exact) mass is 477 g/mol. The maximum atomic E-state index is 12.3. The minimum absolute atomic E-state index is 0.215. The van der Waals surface area contributed by atoms with E-state index in [-0.39, 0.29) is 11.8 Å². The van der Waals surface area contributed by atoms with E-state index in [1.54, 1.807) is 48.6 Å². The van der Waals surface area contributed by atoms with Crippen molar-refractivity contribution in [1.82, 2.24) is 14.8 Å². The number of amides is 2. The highest BCUT2D eigenvalue weighted by Crippen LogP contribution is 2.33. The van der Waals surface area contributed by atoms with Gasteiger partial charge in [0.1, 0.15) is 18.7 Å². The lowest BCUT2D eigenvalue weighted by Crippen LogP contribution is -2.24. The Balaban J connectivity index is 1.32. The number of rotatable bonds is 7. The molecule has 2 N–H and O–H groups in total. The number of aromatic nitrogens is 3. The molecule has 0 fully saturated rings. The molecular weight excluding hydrogens is 458 g/mol. The summed E-state index contributed by atoms with van der Waals surface area (Å²) in [5.41, 5.74) is 2.21. The van der Waals surface area contributed by atoms with E-state index >= 15 is 0 Å². The molecule has 2 aromatic carbocycles. The van der Waals surface area contributed by atoms with Crippen LogP contribution < -0.4 is 10.6 Å². The molecule has 1 atom stereocenters. The smallest absolute Gasteiger partial charge is 0.249 e. The van der Waals surface area contributed by atoms with Gasteiger partial charge in [0, 0.05) is 37.8 Å². The van der Waals surface area contributed by atoms with E-state index in [1.165, 1.54) is 23.4 Å². The number of thiophene rings is 1. The number of hydrogen-bond acceptors (Lipinski definition) is 5. The lowest BCUT2D eigenvalue weighted by molar-refractivity contribution is -0.119. The second kappa shape index (κ2) is 10.2. The van der Waals surface area contributed by atoms with Crippen molar-refractivity contribution < 1.29 is 9.59 Å². The van der Waals surface area contributed by atoms with E-state index in [0.29, 0.717) is 16.4 Å². The zero-order valence-electron chi connectivity index (χ0n) is 17.6. The van der Waals surface area contributed by atoms with Crippen LogP contribution in [0.15, 0.2) is 79.4 Å². The second-order valence-electron chi connectivity index (χ2n) is 7.12. The Labute approximate surface area is 199 Å². The van der Waals surface area contributed by atoms with E-state index in [4.69, 9.17) is 11.6 Å². The molecule has 0 saturated carbocycles. The molecular formula is C24H20ClN5O2S. The van der Waals surface area contributed by atoms with Crippen LogP contribution in [0, 0.1) is 0 Å². The first-order valence-electron chi connectivity index (χ1n) is 10.1. The van der Waals surface area contributed by atoms with Gasteiger partial charge in [0.25, 0.3) is 0 Å². The number of carbonyl (C=O) groups excluding carboxylic acids is 2. The van der Waals surface area contributed by atoms with Crippen LogP contribution in [-0.2, 0) is 9.59 Å². The first-order valence-corrected chi connectivity index (χ1v) is 11.3. The highest BCUT2D eigenvalue weighted by Gasteiger charge is 2.15. The fraction of sp³-hybridized carbons (Fsp3) is 0.0833. The molecule has 0 aliphatic rings. The Morgan fingerprint density at radius 1 is 1.03 bits per heavy atom. The predicted molar refractivity (Wildman–Crippen MR) is 132 cm³/mol. The summed E-state index contributed by atoms with van der Waals surface area (Å²) in [6, 6.07) is 18.0. The van der Waals surface area contributed by atoms with Crippen LogP contribution >= 0.6 is 22.9 Å². The number of hydrogen-bond donors (Lipinski definition) is 2. The average Bonchev–Trinajstić information content (AvgIpc) is 3.51. The van der Waals surface area contributed by atoms with Gasteiger partial charge in [0.15, 0.2) is 0 Å². The van der Waals surface area contributed by atoms with Crippen molar-refractivity contribution in [3.05, 3.63) is 89.3 Å². The van der Waals surface area contributed by atoms with Crippen LogP contribution in [0.5, 0.6) is 0 Å². The van der Waals surface area contributed by atoms with Gasteiger partial charge in [-0.3, -0.25) is 9.59 Å². The van der Waals surface area contributed by atoms with Crippen molar-refractivity contribution in [2.45, 2.75) is 13.0 Å². The number of benzene rings is 2.